The SMILES string of the molecule is C[C@@H]1C/C=C/[C@@H](OCC(=O)N2CCOCC2)C/C=C/C(=NOCC(=O)N2CCCCC2)Cc2cc(O)cc(O)c2C(=O)O1. The van der Waals surface area contributed by atoms with Gasteiger partial charge in [-0.05, 0) is 50.3 Å². The van der Waals surface area contributed by atoms with E-state index in [0.717, 1.165) is 25.3 Å². The molecule has 234 valence electrons. The predicted molar refractivity (Wildman–Crippen MR) is 157 cm³/mol. The van der Waals surface area contributed by atoms with Crippen LogP contribution in [0.3, 0.4) is 0 Å². The van der Waals surface area contributed by atoms with Crippen LogP contribution in [0.5, 0.6) is 11.5 Å². The third-order valence-corrected chi connectivity index (χ3v) is 7.43. The van der Waals surface area contributed by atoms with Crippen molar-refractivity contribution in [3.05, 3.63) is 47.6 Å². The number of ether oxygens (including phenoxy) is 3. The monoisotopic (exact) mass is 599 g/mol. The van der Waals surface area contributed by atoms with Crippen LogP contribution in [0.1, 0.15) is 54.9 Å². The van der Waals surface area contributed by atoms with Gasteiger partial charge >= 0.3 is 5.97 Å². The molecule has 0 aliphatic carbocycles. The first-order valence-corrected chi connectivity index (χ1v) is 14.8. The summed E-state index contributed by atoms with van der Waals surface area (Å²) in [4.78, 5) is 47.2. The average molecular weight is 600 g/mol. The third-order valence-electron chi connectivity index (χ3n) is 7.43. The van der Waals surface area contributed by atoms with Crippen molar-refractivity contribution < 1.29 is 43.6 Å². The van der Waals surface area contributed by atoms with Gasteiger partial charge in [0.25, 0.3) is 5.91 Å². The minimum atomic E-state index is -0.751. The number of likely N-dealkylation sites (tertiary alicyclic amines) is 1. The van der Waals surface area contributed by atoms with Crippen molar-refractivity contribution in [1.82, 2.24) is 9.80 Å². The van der Waals surface area contributed by atoms with Gasteiger partial charge in [0.2, 0.25) is 5.91 Å². The number of hydrogen-bond acceptors (Lipinski definition) is 10. The smallest absolute Gasteiger partial charge is 0.342 e. The molecule has 0 spiro atoms. The Labute approximate surface area is 251 Å². The van der Waals surface area contributed by atoms with Crippen molar-refractivity contribution in [3.63, 3.8) is 0 Å². The molecule has 2 amide bonds. The Kier molecular flexibility index (Phi) is 12.0. The average Bonchev–Trinajstić information content (AvgIpc) is 2.99. The van der Waals surface area contributed by atoms with E-state index in [2.05, 4.69) is 5.16 Å². The molecule has 3 heterocycles. The summed E-state index contributed by atoms with van der Waals surface area (Å²) < 4.78 is 16.9. The van der Waals surface area contributed by atoms with Crippen LogP contribution in [0.25, 0.3) is 0 Å². The maximum atomic E-state index is 13.1. The van der Waals surface area contributed by atoms with E-state index in [0.29, 0.717) is 57.9 Å². The van der Waals surface area contributed by atoms with Gasteiger partial charge in [0.05, 0.1) is 25.0 Å². The number of nitrogens with zero attached hydrogens (tertiary/aromatic N) is 3. The highest BCUT2D eigenvalue weighted by molar-refractivity contribution is 6.00. The molecule has 12 nitrogen and oxygen atoms in total. The molecular formula is C31H41N3O9. The summed E-state index contributed by atoms with van der Waals surface area (Å²) in [6.45, 7) is 4.82. The zero-order valence-electron chi connectivity index (χ0n) is 24.6. The quantitative estimate of drug-likeness (QED) is 0.286. The Hall–Kier alpha value is -3.90. The molecule has 3 aliphatic heterocycles. The van der Waals surface area contributed by atoms with Gasteiger partial charge < -0.3 is 39.1 Å². The first-order valence-electron chi connectivity index (χ1n) is 14.8. The van der Waals surface area contributed by atoms with E-state index in [4.69, 9.17) is 19.0 Å². The van der Waals surface area contributed by atoms with Crippen molar-refractivity contribution >= 4 is 23.5 Å². The fraction of sp³-hybridized carbons (Fsp3) is 0.548. The van der Waals surface area contributed by atoms with Crippen LogP contribution in [-0.4, -0.2) is 108 Å². The first kappa shape index (κ1) is 32.0. The number of fused-ring (bicyclic) bond motifs is 1. The molecule has 0 saturated carbocycles. The second kappa shape index (κ2) is 16.1. The number of cyclic esters (lactones) is 1. The van der Waals surface area contributed by atoms with Gasteiger partial charge in [0, 0.05) is 45.1 Å². The van der Waals surface area contributed by atoms with Gasteiger partial charge in [-0.2, -0.15) is 0 Å². The van der Waals surface area contributed by atoms with Crippen LogP contribution < -0.4 is 0 Å². The summed E-state index contributed by atoms with van der Waals surface area (Å²) in [7, 11) is 0. The number of hydrogen-bond donors (Lipinski definition) is 2. The second-order valence-corrected chi connectivity index (χ2v) is 10.8. The van der Waals surface area contributed by atoms with Gasteiger partial charge in [-0.3, -0.25) is 9.59 Å². The van der Waals surface area contributed by atoms with Crippen LogP contribution in [0.2, 0.25) is 0 Å². The minimum absolute atomic E-state index is 0.00788. The summed E-state index contributed by atoms with van der Waals surface area (Å²) in [6.07, 6.45) is 9.91. The number of carbonyl (C=O) groups is 3. The second-order valence-electron chi connectivity index (χ2n) is 10.8. The van der Waals surface area contributed by atoms with E-state index in [1.54, 1.807) is 28.9 Å². The number of piperidine rings is 1. The molecule has 12 heteroatoms. The number of amides is 2. The largest absolute Gasteiger partial charge is 0.508 e. The van der Waals surface area contributed by atoms with Crippen molar-refractivity contribution in [1.29, 1.82) is 0 Å². The van der Waals surface area contributed by atoms with E-state index in [1.165, 1.54) is 6.07 Å². The fourth-order valence-corrected chi connectivity index (χ4v) is 5.10. The molecule has 0 radical (unpaired) electrons. The maximum Gasteiger partial charge on any atom is 0.342 e. The molecular weight excluding hydrogens is 558 g/mol. The van der Waals surface area contributed by atoms with Gasteiger partial charge in [-0.15, -0.1) is 0 Å². The van der Waals surface area contributed by atoms with Crippen LogP contribution in [0, 0.1) is 0 Å². The zero-order chi connectivity index (χ0) is 30.6. The van der Waals surface area contributed by atoms with Gasteiger partial charge in [0.15, 0.2) is 6.61 Å². The highest BCUT2D eigenvalue weighted by atomic mass is 16.6. The highest BCUT2D eigenvalue weighted by Crippen LogP contribution is 2.29. The zero-order valence-corrected chi connectivity index (χ0v) is 24.6. The molecule has 4 rings (SSSR count). The molecule has 1 aromatic carbocycles. The van der Waals surface area contributed by atoms with Gasteiger partial charge in [-0.25, -0.2) is 4.79 Å². The van der Waals surface area contributed by atoms with E-state index >= 15 is 0 Å². The number of phenolic OH excluding ortho intramolecular Hbond substituents is 2. The summed E-state index contributed by atoms with van der Waals surface area (Å²) in [6, 6.07) is 2.44. The number of carbonyl (C=O) groups excluding carboxylic acids is 3. The maximum absolute atomic E-state index is 13.1. The molecule has 2 fully saturated rings. The van der Waals surface area contributed by atoms with E-state index in [-0.39, 0.29) is 48.3 Å². The lowest BCUT2D eigenvalue weighted by Gasteiger charge is -2.27. The minimum Gasteiger partial charge on any atom is -0.508 e. The first-order chi connectivity index (χ1) is 20.8. The molecule has 1 aromatic rings. The Balaban J connectivity index is 1.53. The van der Waals surface area contributed by atoms with E-state index in [1.807, 2.05) is 12.2 Å². The molecule has 3 aliphatic rings. The lowest BCUT2D eigenvalue weighted by molar-refractivity contribution is -0.141. The normalized spacial score (nSPS) is 24.4. The van der Waals surface area contributed by atoms with E-state index in [9.17, 15) is 24.6 Å². The molecule has 2 atom stereocenters. The number of morpholine rings is 1. The van der Waals surface area contributed by atoms with Crippen molar-refractivity contribution in [2.24, 2.45) is 5.16 Å². The molecule has 2 N–H and O–H groups in total. The number of benzene rings is 1. The Bertz CT molecular complexity index is 1220. The fourth-order valence-electron chi connectivity index (χ4n) is 5.10. The van der Waals surface area contributed by atoms with Crippen molar-refractivity contribution in [3.8, 4) is 11.5 Å². The molecule has 2 saturated heterocycles. The lowest BCUT2D eigenvalue weighted by Crippen LogP contribution is -2.42. The van der Waals surface area contributed by atoms with Crippen molar-refractivity contribution in [2.75, 3.05) is 52.6 Å². The van der Waals surface area contributed by atoms with Gasteiger partial charge in [-0.1, -0.05) is 23.4 Å². The van der Waals surface area contributed by atoms with E-state index < -0.39 is 23.9 Å². The third kappa shape index (κ3) is 9.82. The summed E-state index contributed by atoms with van der Waals surface area (Å²) in [5.74, 6) is -1.68. The molecule has 43 heavy (non-hydrogen) atoms. The number of phenols is 2. The van der Waals surface area contributed by atoms with Crippen LogP contribution >= 0.6 is 0 Å². The molecule has 0 unspecified atom stereocenters. The number of rotatable bonds is 6. The predicted octanol–water partition coefficient (Wildman–Crippen LogP) is 2.72. The lowest BCUT2D eigenvalue weighted by atomic mass is 9.99. The Morgan fingerprint density at radius 1 is 0.977 bits per heavy atom. The summed E-state index contributed by atoms with van der Waals surface area (Å²) in [5.41, 5.74) is 0.530. The number of esters is 1. The Morgan fingerprint density at radius 2 is 1.70 bits per heavy atom. The molecule has 0 aromatic heterocycles. The van der Waals surface area contributed by atoms with Crippen molar-refractivity contribution in [2.45, 2.75) is 57.7 Å². The van der Waals surface area contributed by atoms with Crippen LogP contribution in [0.15, 0.2) is 41.6 Å². The molecule has 0 bridgehead atoms. The van der Waals surface area contributed by atoms with Crippen LogP contribution in [-0.2, 0) is 35.1 Å². The number of allylic oxidation sites excluding steroid dienone is 1. The van der Waals surface area contributed by atoms with Crippen LogP contribution in [0.4, 0.5) is 0 Å². The van der Waals surface area contributed by atoms with Gasteiger partial charge in [0.1, 0.15) is 29.8 Å². The number of aromatic hydroxyl groups is 2. The highest BCUT2D eigenvalue weighted by Gasteiger charge is 2.23. The summed E-state index contributed by atoms with van der Waals surface area (Å²) in [5, 5.41) is 24.9. The standard InChI is InChI=1S/C31H41N3O9/c1-22-7-5-9-26(41-20-28(37)34-13-15-40-16-14-34)10-6-8-24(32-42-21-29(38)33-11-3-2-4-12-33)17-23-18-25(35)19-27(36)30(23)31(39)43-22/h5-6,8-9,18-19,22,26,35-36H,2-4,7,10-17,20-21H2,1H3/b8-6+,9-5+,32-24?/t22-,26-/m1/s1. The Morgan fingerprint density at radius 3 is 2.47 bits per heavy atom. The topological polar surface area (TPSA) is 147 Å². The summed E-state index contributed by atoms with van der Waals surface area (Å²) >= 11 is 0. The number of oxime groups is 1.